The molecule has 1 atom stereocenters. The number of rotatable bonds is 3. The number of nitrogens with one attached hydrogen (secondary N) is 1. The monoisotopic (exact) mass is 359 g/mol. The highest BCUT2D eigenvalue weighted by atomic mass is 127. The maximum Gasteiger partial charge on any atom is 0.193 e. The largest absolute Gasteiger partial charge is 0.496 e. The van der Waals surface area contributed by atoms with Crippen molar-refractivity contribution in [2.45, 2.75) is 18.9 Å². The fourth-order valence-electron chi connectivity index (χ4n) is 1.63. The number of nitrogens with two attached hydrogens (primary N) is 1. The molecular formula is C13H18IN3O. The molecule has 0 radical (unpaired) electrons. The number of hydrogen-bond donors (Lipinski definition) is 2. The van der Waals surface area contributed by atoms with Crippen LogP contribution in [0.4, 0.5) is 5.69 Å². The number of anilines is 1. The molecule has 0 bridgehead atoms. The molecule has 18 heavy (non-hydrogen) atoms. The van der Waals surface area contributed by atoms with Crippen LogP contribution in [0.25, 0.3) is 0 Å². The molecule has 5 heteroatoms. The second-order valence-corrected chi connectivity index (χ2v) is 3.92. The third kappa shape index (κ3) is 4.95. The molecular weight excluding hydrogens is 341 g/mol. The summed E-state index contributed by atoms with van der Waals surface area (Å²) in [7, 11) is 0. The Morgan fingerprint density at radius 2 is 2.17 bits per heavy atom. The standard InChI is InChI=1S/C13H17N3O.HI/c14-13(16-11-6-2-1-3-7-11)15-10-12-8-4-5-9-17-12;/h1-3,5-7,9,12H,4,8,10H2,(H3,14,15,16);1H. The van der Waals surface area contributed by atoms with Gasteiger partial charge in [-0.05, 0) is 31.1 Å². The minimum atomic E-state index is 0. The summed E-state index contributed by atoms with van der Waals surface area (Å²) in [5.74, 6) is 0.425. The molecule has 2 rings (SSSR count). The lowest BCUT2D eigenvalue weighted by atomic mass is 10.2. The average Bonchev–Trinajstić information content (AvgIpc) is 2.39. The van der Waals surface area contributed by atoms with E-state index in [-0.39, 0.29) is 30.1 Å². The predicted molar refractivity (Wildman–Crippen MR) is 85.2 cm³/mol. The maximum absolute atomic E-state index is 5.79. The van der Waals surface area contributed by atoms with Gasteiger partial charge in [0.25, 0.3) is 0 Å². The second-order valence-electron chi connectivity index (χ2n) is 3.92. The van der Waals surface area contributed by atoms with Crippen molar-refractivity contribution >= 4 is 35.6 Å². The van der Waals surface area contributed by atoms with Gasteiger partial charge in [-0.1, -0.05) is 18.2 Å². The molecule has 1 aromatic rings. The minimum absolute atomic E-state index is 0. The van der Waals surface area contributed by atoms with Crippen molar-refractivity contribution in [1.82, 2.24) is 0 Å². The van der Waals surface area contributed by atoms with E-state index in [1.165, 1.54) is 0 Å². The van der Waals surface area contributed by atoms with Gasteiger partial charge in [0, 0.05) is 5.69 Å². The van der Waals surface area contributed by atoms with Gasteiger partial charge in [-0.15, -0.1) is 24.0 Å². The van der Waals surface area contributed by atoms with Gasteiger partial charge < -0.3 is 15.8 Å². The first-order valence-corrected chi connectivity index (χ1v) is 5.77. The van der Waals surface area contributed by atoms with Crippen LogP contribution < -0.4 is 11.1 Å². The molecule has 0 fully saturated rings. The van der Waals surface area contributed by atoms with Gasteiger partial charge in [-0.25, -0.2) is 4.99 Å². The zero-order chi connectivity index (χ0) is 11.9. The zero-order valence-electron chi connectivity index (χ0n) is 10.1. The third-order valence-electron chi connectivity index (χ3n) is 2.53. The van der Waals surface area contributed by atoms with Gasteiger partial charge in [0.1, 0.15) is 6.10 Å². The van der Waals surface area contributed by atoms with Crippen molar-refractivity contribution in [3.05, 3.63) is 42.7 Å². The summed E-state index contributed by atoms with van der Waals surface area (Å²) in [6, 6.07) is 9.75. The van der Waals surface area contributed by atoms with Crippen molar-refractivity contribution in [3.8, 4) is 0 Å². The molecule has 0 spiro atoms. The zero-order valence-corrected chi connectivity index (χ0v) is 12.4. The van der Waals surface area contributed by atoms with Gasteiger partial charge in [-0.2, -0.15) is 0 Å². The molecule has 1 heterocycles. The predicted octanol–water partition coefficient (Wildman–Crippen LogP) is 2.72. The van der Waals surface area contributed by atoms with Gasteiger partial charge in [0.15, 0.2) is 5.96 Å². The van der Waals surface area contributed by atoms with E-state index in [1.54, 1.807) is 6.26 Å². The van der Waals surface area contributed by atoms with E-state index < -0.39 is 0 Å². The van der Waals surface area contributed by atoms with Crippen LogP contribution in [0, 0.1) is 0 Å². The molecule has 98 valence electrons. The van der Waals surface area contributed by atoms with E-state index in [2.05, 4.69) is 10.3 Å². The smallest absolute Gasteiger partial charge is 0.193 e. The van der Waals surface area contributed by atoms with E-state index in [1.807, 2.05) is 36.4 Å². The summed E-state index contributed by atoms with van der Waals surface area (Å²) in [6.07, 6.45) is 5.96. The highest BCUT2D eigenvalue weighted by molar-refractivity contribution is 14.0. The Morgan fingerprint density at radius 3 is 2.83 bits per heavy atom. The first kappa shape index (κ1) is 14.8. The van der Waals surface area contributed by atoms with Gasteiger partial charge >= 0.3 is 0 Å². The molecule has 0 saturated carbocycles. The topological polar surface area (TPSA) is 59.6 Å². The molecule has 1 aliphatic heterocycles. The quantitative estimate of drug-likeness (QED) is 0.496. The van der Waals surface area contributed by atoms with Gasteiger partial charge in [-0.3, -0.25) is 0 Å². The lowest BCUT2D eigenvalue weighted by Crippen LogP contribution is -2.25. The molecule has 1 aromatic carbocycles. The summed E-state index contributed by atoms with van der Waals surface area (Å²) in [4.78, 5) is 4.27. The van der Waals surface area contributed by atoms with Crippen LogP contribution >= 0.6 is 24.0 Å². The van der Waals surface area contributed by atoms with Crippen molar-refractivity contribution in [1.29, 1.82) is 0 Å². The molecule has 0 saturated heterocycles. The normalized spacial score (nSPS) is 18.7. The molecule has 3 N–H and O–H groups in total. The molecule has 0 aromatic heterocycles. The highest BCUT2D eigenvalue weighted by Crippen LogP contribution is 2.10. The van der Waals surface area contributed by atoms with E-state index >= 15 is 0 Å². The Labute approximate surface area is 124 Å². The second kappa shape index (κ2) is 7.97. The number of hydrogen-bond acceptors (Lipinski definition) is 2. The van der Waals surface area contributed by atoms with E-state index in [0.29, 0.717) is 12.5 Å². The molecule has 1 aliphatic rings. The number of aliphatic imine (C=N–C) groups is 1. The summed E-state index contributed by atoms with van der Waals surface area (Å²) < 4.78 is 5.41. The van der Waals surface area contributed by atoms with Crippen molar-refractivity contribution in [3.63, 3.8) is 0 Å². The minimum Gasteiger partial charge on any atom is -0.496 e. The molecule has 1 unspecified atom stereocenters. The van der Waals surface area contributed by atoms with Crippen LogP contribution in [0.2, 0.25) is 0 Å². The van der Waals surface area contributed by atoms with Gasteiger partial charge in [0.05, 0.1) is 12.8 Å². The number of ether oxygens (including phenoxy) is 1. The Hall–Kier alpha value is -1.24. The Kier molecular flexibility index (Phi) is 6.56. The van der Waals surface area contributed by atoms with Crippen LogP contribution in [-0.2, 0) is 4.74 Å². The van der Waals surface area contributed by atoms with Gasteiger partial charge in [0.2, 0.25) is 0 Å². The average molecular weight is 359 g/mol. The lowest BCUT2D eigenvalue weighted by molar-refractivity contribution is 0.131. The van der Waals surface area contributed by atoms with E-state index in [0.717, 1.165) is 18.5 Å². The molecule has 0 aliphatic carbocycles. The number of para-hydroxylation sites is 1. The summed E-state index contributed by atoms with van der Waals surface area (Å²) >= 11 is 0. The van der Waals surface area contributed by atoms with E-state index in [4.69, 9.17) is 10.5 Å². The maximum atomic E-state index is 5.79. The van der Waals surface area contributed by atoms with Crippen LogP contribution in [0.15, 0.2) is 47.7 Å². The fourth-order valence-corrected chi connectivity index (χ4v) is 1.63. The number of guanidine groups is 1. The SMILES string of the molecule is I.NC(=NCC1CCC=CO1)Nc1ccccc1. The fraction of sp³-hybridized carbons (Fsp3) is 0.308. The van der Waals surface area contributed by atoms with E-state index in [9.17, 15) is 0 Å². The Balaban J connectivity index is 0.00000162. The van der Waals surface area contributed by atoms with Crippen LogP contribution in [0.1, 0.15) is 12.8 Å². The molecule has 4 nitrogen and oxygen atoms in total. The number of halogens is 1. The third-order valence-corrected chi connectivity index (χ3v) is 2.53. The first-order valence-electron chi connectivity index (χ1n) is 5.77. The van der Waals surface area contributed by atoms with Crippen molar-refractivity contribution in [2.24, 2.45) is 10.7 Å². The van der Waals surface area contributed by atoms with Crippen LogP contribution in [0.5, 0.6) is 0 Å². The van der Waals surface area contributed by atoms with Crippen LogP contribution in [0.3, 0.4) is 0 Å². The lowest BCUT2D eigenvalue weighted by Gasteiger charge is -2.17. The first-order chi connectivity index (χ1) is 8.34. The van der Waals surface area contributed by atoms with Crippen molar-refractivity contribution in [2.75, 3.05) is 11.9 Å². The summed E-state index contributed by atoms with van der Waals surface area (Å²) in [5, 5.41) is 3.04. The number of allylic oxidation sites excluding steroid dienone is 1. The highest BCUT2D eigenvalue weighted by Gasteiger charge is 2.09. The number of benzene rings is 1. The summed E-state index contributed by atoms with van der Waals surface area (Å²) in [5.41, 5.74) is 6.73. The Morgan fingerprint density at radius 1 is 1.39 bits per heavy atom. The molecule has 0 amide bonds. The summed E-state index contributed by atoms with van der Waals surface area (Å²) in [6.45, 7) is 0.593. The Bertz CT molecular complexity index is 406. The van der Waals surface area contributed by atoms with Crippen molar-refractivity contribution < 1.29 is 4.74 Å². The number of nitrogens with zero attached hydrogens (tertiary/aromatic N) is 1. The van der Waals surface area contributed by atoms with Crippen LogP contribution in [-0.4, -0.2) is 18.6 Å².